The first-order chi connectivity index (χ1) is 8.49. The zero-order valence-electron chi connectivity index (χ0n) is 9.96. The normalized spacial score (nSPS) is 31.0. The van der Waals surface area contributed by atoms with Gasteiger partial charge in [-0.1, -0.05) is 6.42 Å². The second kappa shape index (κ2) is 4.93. The standard InChI is InChI=1S/C11H17N3O4/c12-11(18)13-8(15)5-14-4-6-2-1-3-7(6)9(14)10(16)17/h6-7,9H,1-5H2,(H,16,17)(H3,12,13,15,18). The summed E-state index contributed by atoms with van der Waals surface area (Å²) in [7, 11) is 0. The Morgan fingerprint density at radius 3 is 2.67 bits per heavy atom. The van der Waals surface area contributed by atoms with Gasteiger partial charge >= 0.3 is 12.0 Å². The molecule has 0 aromatic heterocycles. The minimum absolute atomic E-state index is 0.0904. The lowest BCUT2D eigenvalue weighted by Crippen LogP contribution is -2.47. The number of likely N-dealkylation sites (tertiary alicyclic amines) is 1. The van der Waals surface area contributed by atoms with Crippen molar-refractivity contribution in [1.29, 1.82) is 0 Å². The number of amides is 3. The minimum atomic E-state index is -0.911. The number of nitrogens with two attached hydrogens (primary N) is 1. The molecular weight excluding hydrogens is 238 g/mol. The van der Waals surface area contributed by atoms with Crippen molar-refractivity contribution in [2.75, 3.05) is 13.1 Å². The van der Waals surface area contributed by atoms with E-state index in [9.17, 15) is 19.5 Å². The van der Waals surface area contributed by atoms with Crippen LogP contribution in [0.2, 0.25) is 0 Å². The molecule has 3 atom stereocenters. The van der Waals surface area contributed by atoms with E-state index in [1.54, 1.807) is 4.90 Å². The molecule has 18 heavy (non-hydrogen) atoms. The summed E-state index contributed by atoms with van der Waals surface area (Å²) in [4.78, 5) is 34.9. The van der Waals surface area contributed by atoms with E-state index in [1.165, 1.54) is 0 Å². The highest BCUT2D eigenvalue weighted by atomic mass is 16.4. The van der Waals surface area contributed by atoms with Crippen LogP contribution < -0.4 is 11.1 Å². The first kappa shape index (κ1) is 12.8. The lowest BCUT2D eigenvalue weighted by atomic mass is 9.94. The summed E-state index contributed by atoms with van der Waals surface area (Å²) in [6.07, 6.45) is 2.97. The SMILES string of the molecule is NC(=O)NC(=O)CN1CC2CCCC2C1C(=O)O. The fourth-order valence-electron chi connectivity index (χ4n) is 3.26. The molecule has 1 heterocycles. The third-order valence-electron chi connectivity index (χ3n) is 3.85. The number of imide groups is 1. The number of carboxylic acids is 1. The third-order valence-corrected chi connectivity index (χ3v) is 3.85. The van der Waals surface area contributed by atoms with Crippen LogP contribution in [0.5, 0.6) is 0 Å². The number of urea groups is 1. The number of hydrogen-bond donors (Lipinski definition) is 3. The molecule has 3 unspecified atom stereocenters. The Labute approximate surface area is 104 Å². The average molecular weight is 255 g/mol. The molecule has 100 valence electrons. The Balaban J connectivity index is 2.01. The van der Waals surface area contributed by atoms with Gasteiger partial charge < -0.3 is 10.8 Å². The first-order valence-corrected chi connectivity index (χ1v) is 6.05. The van der Waals surface area contributed by atoms with Crippen LogP contribution in [-0.4, -0.2) is 47.0 Å². The van der Waals surface area contributed by atoms with Crippen molar-refractivity contribution in [2.45, 2.75) is 25.3 Å². The van der Waals surface area contributed by atoms with E-state index in [0.29, 0.717) is 12.5 Å². The molecule has 2 rings (SSSR count). The molecule has 1 aliphatic heterocycles. The van der Waals surface area contributed by atoms with Crippen LogP contribution >= 0.6 is 0 Å². The number of carbonyl (C=O) groups is 3. The molecule has 7 heteroatoms. The summed E-state index contributed by atoms with van der Waals surface area (Å²) < 4.78 is 0. The maximum absolute atomic E-state index is 11.5. The molecule has 0 aromatic carbocycles. The van der Waals surface area contributed by atoms with Crippen molar-refractivity contribution in [1.82, 2.24) is 10.2 Å². The second-order valence-electron chi connectivity index (χ2n) is 4.98. The first-order valence-electron chi connectivity index (χ1n) is 6.05. The van der Waals surface area contributed by atoms with Gasteiger partial charge in [-0.2, -0.15) is 0 Å². The highest BCUT2D eigenvalue weighted by Gasteiger charge is 2.47. The third kappa shape index (κ3) is 2.45. The quantitative estimate of drug-likeness (QED) is 0.621. The molecule has 4 N–H and O–H groups in total. The Bertz CT molecular complexity index is 384. The van der Waals surface area contributed by atoms with E-state index >= 15 is 0 Å². The highest BCUT2D eigenvalue weighted by Crippen LogP contribution is 2.41. The van der Waals surface area contributed by atoms with E-state index in [-0.39, 0.29) is 12.5 Å². The van der Waals surface area contributed by atoms with E-state index < -0.39 is 23.9 Å². The number of primary amides is 1. The highest BCUT2D eigenvalue weighted by molar-refractivity contribution is 5.94. The van der Waals surface area contributed by atoms with Gasteiger partial charge in [0.1, 0.15) is 6.04 Å². The molecule has 1 saturated carbocycles. The van der Waals surface area contributed by atoms with Gasteiger partial charge in [-0.3, -0.25) is 19.8 Å². The summed E-state index contributed by atoms with van der Waals surface area (Å²) >= 11 is 0. The van der Waals surface area contributed by atoms with Crippen LogP contribution in [0, 0.1) is 11.8 Å². The number of aliphatic carboxylic acids is 1. The maximum Gasteiger partial charge on any atom is 0.321 e. The van der Waals surface area contributed by atoms with Gasteiger partial charge in [-0.05, 0) is 24.7 Å². The number of nitrogens with zero attached hydrogens (tertiary/aromatic N) is 1. The zero-order valence-corrected chi connectivity index (χ0v) is 9.96. The van der Waals surface area contributed by atoms with E-state index in [2.05, 4.69) is 0 Å². The Morgan fingerprint density at radius 2 is 2.06 bits per heavy atom. The van der Waals surface area contributed by atoms with Crippen molar-refractivity contribution in [3.8, 4) is 0 Å². The molecule has 0 bridgehead atoms. The van der Waals surface area contributed by atoms with Gasteiger partial charge in [0.2, 0.25) is 5.91 Å². The number of hydrogen-bond acceptors (Lipinski definition) is 4. The maximum atomic E-state index is 11.5. The number of nitrogens with one attached hydrogen (secondary N) is 1. The molecule has 1 aliphatic carbocycles. The fourth-order valence-corrected chi connectivity index (χ4v) is 3.26. The van der Waals surface area contributed by atoms with Crippen LogP contribution in [0.1, 0.15) is 19.3 Å². The van der Waals surface area contributed by atoms with Crippen LogP contribution in [0.4, 0.5) is 4.79 Å². The van der Waals surface area contributed by atoms with Gasteiger partial charge in [-0.25, -0.2) is 4.79 Å². The molecule has 0 radical (unpaired) electrons. The lowest BCUT2D eigenvalue weighted by Gasteiger charge is -2.23. The molecule has 0 aromatic rings. The molecule has 0 spiro atoms. The predicted molar refractivity (Wildman–Crippen MR) is 61.6 cm³/mol. The van der Waals surface area contributed by atoms with Gasteiger partial charge in [0.05, 0.1) is 6.54 Å². The summed E-state index contributed by atoms with van der Waals surface area (Å²) in [6.45, 7) is 0.515. The van der Waals surface area contributed by atoms with Crippen molar-refractivity contribution in [3.05, 3.63) is 0 Å². The minimum Gasteiger partial charge on any atom is -0.480 e. The monoisotopic (exact) mass is 255 g/mol. The predicted octanol–water partition coefficient (Wildman–Crippen LogP) is -0.634. The molecule has 1 saturated heterocycles. The Kier molecular flexibility index (Phi) is 3.51. The molecular formula is C11H17N3O4. The summed E-state index contributed by atoms with van der Waals surface area (Å²) in [5.41, 5.74) is 4.85. The van der Waals surface area contributed by atoms with E-state index in [0.717, 1.165) is 19.3 Å². The summed E-state index contributed by atoms with van der Waals surface area (Å²) in [5.74, 6) is -0.957. The number of carbonyl (C=O) groups excluding carboxylic acids is 2. The van der Waals surface area contributed by atoms with Crippen LogP contribution in [0.25, 0.3) is 0 Å². The zero-order chi connectivity index (χ0) is 13.3. The van der Waals surface area contributed by atoms with Crippen LogP contribution in [0.15, 0.2) is 0 Å². The second-order valence-corrected chi connectivity index (χ2v) is 4.98. The van der Waals surface area contributed by atoms with Gasteiger partial charge in [-0.15, -0.1) is 0 Å². The van der Waals surface area contributed by atoms with E-state index in [1.807, 2.05) is 5.32 Å². The lowest BCUT2D eigenvalue weighted by molar-refractivity contribution is -0.144. The summed E-state index contributed by atoms with van der Waals surface area (Å²) in [6, 6.07) is -1.53. The van der Waals surface area contributed by atoms with Crippen LogP contribution in [-0.2, 0) is 9.59 Å². The molecule has 2 fully saturated rings. The topological polar surface area (TPSA) is 113 Å². The molecule has 7 nitrogen and oxygen atoms in total. The van der Waals surface area contributed by atoms with Gasteiger partial charge in [0, 0.05) is 6.54 Å². The Hall–Kier alpha value is -1.63. The van der Waals surface area contributed by atoms with Crippen molar-refractivity contribution >= 4 is 17.9 Å². The van der Waals surface area contributed by atoms with E-state index in [4.69, 9.17) is 5.73 Å². The number of carboxylic acid groups (broad SMARTS) is 1. The fraction of sp³-hybridized carbons (Fsp3) is 0.727. The average Bonchev–Trinajstić information content (AvgIpc) is 2.74. The van der Waals surface area contributed by atoms with Crippen LogP contribution in [0.3, 0.4) is 0 Å². The largest absolute Gasteiger partial charge is 0.480 e. The van der Waals surface area contributed by atoms with Gasteiger partial charge in [0.15, 0.2) is 0 Å². The number of rotatable bonds is 3. The smallest absolute Gasteiger partial charge is 0.321 e. The Morgan fingerprint density at radius 1 is 1.33 bits per heavy atom. The van der Waals surface area contributed by atoms with Gasteiger partial charge in [0.25, 0.3) is 0 Å². The van der Waals surface area contributed by atoms with Crippen molar-refractivity contribution in [2.24, 2.45) is 17.6 Å². The molecule has 3 amide bonds. The number of fused-ring (bicyclic) bond motifs is 1. The summed E-state index contributed by atoms with van der Waals surface area (Å²) in [5, 5.41) is 11.2. The molecule has 2 aliphatic rings. The van der Waals surface area contributed by atoms with Crippen molar-refractivity contribution in [3.63, 3.8) is 0 Å². The van der Waals surface area contributed by atoms with Crippen molar-refractivity contribution < 1.29 is 19.5 Å².